The number of amides is 2. The number of hydrogen-bond donors (Lipinski definition) is 2. The Kier molecular flexibility index (Phi) is 5.15. The highest BCUT2D eigenvalue weighted by Gasteiger charge is 2.19. The molecule has 2 N–H and O–H groups in total. The minimum Gasteiger partial charge on any atom is -0.332 e. The lowest BCUT2D eigenvalue weighted by Gasteiger charge is -2.21. The van der Waals surface area contributed by atoms with E-state index in [4.69, 9.17) is 0 Å². The van der Waals surface area contributed by atoms with Gasteiger partial charge >= 0.3 is 6.03 Å². The van der Waals surface area contributed by atoms with Gasteiger partial charge in [-0.2, -0.15) is 5.10 Å². The summed E-state index contributed by atoms with van der Waals surface area (Å²) in [6.45, 7) is 4.19. The highest BCUT2D eigenvalue weighted by Crippen LogP contribution is 2.20. The van der Waals surface area contributed by atoms with E-state index in [1.165, 1.54) is 18.9 Å². The number of carbonyl (C=O) groups is 1. The molecule has 0 unspecified atom stereocenters. The van der Waals surface area contributed by atoms with Gasteiger partial charge in [0.15, 0.2) is 0 Å². The standard InChI is InChI=1S/C14H22N4O2/c1-2-11-4-3-8-18(9-7-11)14(20)15-10-12-5-6-13(19)17-16-12/h5-6,11H,2-4,7-10H2,1H3,(H,15,20)(H,17,19)/t11-/m0/s1. The number of H-pyrrole nitrogens is 1. The molecule has 6 nitrogen and oxygen atoms in total. The van der Waals surface area contributed by atoms with Crippen molar-refractivity contribution in [2.24, 2.45) is 5.92 Å². The maximum atomic E-state index is 12.1. The van der Waals surface area contributed by atoms with Crippen LogP contribution < -0.4 is 10.9 Å². The van der Waals surface area contributed by atoms with Gasteiger partial charge in [0.25, 0.3) is 5.56 Å². The molecule has 6 heteroatoms. The summed E-state index contributed by atoms with van der Waals surface area (Å²) in [6, 6.07) is 2.98. The predicted molar refractivity (Wildman–Crippen MR) is 76.3 cm³/mol. The lowest BCUT2D eigenvalue weighted by molar-refractivity contribution is 0.198. The van der Waals surface area contributed by atoms with Crippen LogP contribution in [0.1, 0.15) is 38.3 Å². The van der Waals surface area contributed by atoms with E-state index in [0.29, 0.717) is 12.2 Å². The van der Waals surface area contributed by atoms with E-state index in [0.717, 1.165) is 31.8 Å². The first-order chi connectivity index (χ1) is 9.69. The lowest BCUT2D eigenvalue weighted by Crippen LogP contribution is -2.40. The maximum absolute atomic E-state index is 12.1. The van der Waals surface area contributed by atoms with Gasteiger partial charge in [0.05, 0.1) is 12.2 Å². The van der Waals surface area contributed by atoms with Crippen molar-refractivity contribution in [1.82, 2.24) is 20.4 Å². The smallest absolute Gasteiger partial charge is 0.317 e. The number of nitrogens with one attached hydrogen (secondary N) is 2. The molecule has 0 spiro atoms. The molecule has 20 heavy (non-hydrogen) atoms. The van der Waals surface area contributed by atoms with Gasteiger partial charge in [-0.05, 0) is 31.2 Å². The summed E-state index contributed by atoms with van der Waals surface area (Å²) in [5.41, 5.74) is 0.414. The third kappa shape index (κ3) is 4.08. The van der Waals surface area contributed by atoms with Crippen LogP contribution in [0.15, 0.2) is 16.9 Å². The van der Waals surface area contributed by atoms with Crippen molar-refractivity contribution in [2.75, 3.05) is 13.1 Å². The zero-order valence-corrected chi connectivity index (χ0v) is 11.9. The van der Waals surface area contributed by atoms with E-state index in [9.17, 15) is 9.59 Å². The van der Waals surface area contributed by atoms with Crippen molar-refractivity contribution in [2.45, 2.75) is 39.2 Å². The van der Waals surface area contributed by atoms with Crippen LogP contribution in [0.2, 0.25) is 0 Å². The Morgan fingerprint density at radius 3 is 3.00 bits per heavy atom. The highest BCUT2D eigenvalue weighted by atomic mass is 16.2. The molecule has 1 atom stereocenters. The molecular weight excluding hydrogens is 256 g/mol. The normalized spacial score (nSPS) is 19.4. The maximum Gasteiger partial charge on any atom is 0.317 e. The summed E-state index contributed by atoms with van der Waals surface area (Å²) in [4.78, 5) is 24.9. The number of urea groups is 1. The van der Waals surface area contributed by atoms with Crippen LogP contribution in [0.4, 0.5) is 4.79 Å². The van der Waals surface area contributed by atoms with Crippen molar-refractivity contribution in [3.63, 3.8) is 0 Å². The fourth-order valence-electron chi connectivity index (χ4n) is 2.53. The molecule has 110 valence electrons. The third-order valence-corrected chi connectivity index (χ3v) is 3.87. The van der Waals surface area contributed by atoms with Crippen LogP contribution in [0.25, 0.3) is 0 Å². The van der Waals surface area contributed by atoms with Crippen LogP contribution in [-0.2, 0) is 6.54 Å². The zero-order valence-electron chi connectivity index (χ0n) is 11.9. The number of hydrogen-bond acceptors (Lipinski definition) is 3. The van der Waals surface area contributed by atoms with Crippen molar-refractivity contribution >= 4 is 6.03 Å². The van der Waals surface area contributed by atoms with Crippen molar-refractivity contribution in [3.8, 4) is 0 Å². The van der Waals surface area contributed by atoms with Gasteiger partial charge in [0, 0.05) is 19.2 Å². The van der Waals surface area contributed by atoms with Gasteiger partial charge in [0.1, 0.15) is 0 Å². The van der Waals surface area contributed by atoms with Crippen LogP contribution in [0.3, 0.4) is 0 Å². The van der Waals surface area contributed by atoms with Gasteiger partial charge < -0.3 is 10.2 Å². The second-order valence-corrected chi connectivity index (χ2v) is 5.26. The van der Waals surface area contributed by atoms with Crippen molar-refractivity contribution in [1.29, 1.82) is 0 Å². The van der Waals surface area contributed by atoms with Crippen LogP contribution in [0, 0.1) is 5.92 Å². The van der Waals surface area contributed by atoms with Gasteiger partial charge in [0.2, 0.25) is 0 Å². The van der Waals surface area contributed by atoms with E-state index in [-0.39, 0.29) is 11.6 Å². The van der Waals surface area contributed by atoms with E-state index in [2.05, 4.69) is 22.4 Å². The number of rotatable bonds is 3. The van der Waals surface area contributed by atoms with Gasteiger partial charge in [-0.3, -0.25) is 4.79 Å². The monoisotopic (exact) mass is 278 g/mol. The molecule has 2 heterocycles. The molecule has 0 radical (unpaired) electrons. The Hall–Kier alpha value is -1.85. The number of aromatic amines is 1. The second-order valence-electron chi connectivity index (χ2n) is 5.26. The summed E-state index contributed by atoms with van der Waals surface area (Å²) < 4.78 is 0. The number of carbonyl (C=O) groups excluding carboxylic acids is 1. The molecule has 2 rings (SSSR count). The van der Waals surface area contributed by atoms with E-state index in [1.54, 1.807) is 6.07 Å². The van der Waals surface area contributed by atoms with E-state index < -0.39 is 0 Å². The average Bonchev–Trinajstić information content (AvgIpc) is 2.72. The molecular formula is C14H22N4O2. The van der Waals surface area contributed by atoms with Crippen molar-refractivity contribution in [3.05, 3.63) is 28.2 Å². The highest BCUT2D eigenvalue weighted by molar-refractivity contribution is 5.74. The Bertz CT molecular complexity index is 480. The summed E-state index contributed by atoms with van der Waals surface area (Å²) in [6.07, 6.45) is 4.56. The molecule has 0 aliphatic carbocycles. The fourth-order valence-corrected chi connectivity index (χ4v) is 2.53. The topological polar surface area (TPSA) is 78.1 Å². The molecule has 0 aromatic carbocycles. The van der Waals surface area contributed by atoms with E-state index in [1.807, 2.05) is 4.90 Å². The Morgan fingerprint density at radius 1 is 1.45 bits per heavy atom. The first-order valence-corrected chi connectivity index (χ1v) is 7.26. The minimum absolute atomic E-state index is 0.0465. The molecule has 2 amide bonds. The number of nitrogens with zero attached hydrogens (tertiary/aromatic N) is 2. The van der Waals surface area contributed by atoms with Gasteiger partial charge in [-0.1, -0.05) is 13.3 Å². The molecule has 0 bridgehead atoms. The van der Waals surface area contributed by atoms with Gasteiger partial charge in [-0.25, -0.2) is 9.89 Å². The zero-order chi connectivity index (χ0) is 14.4. The molecule has 1 aliphatic rings. The van der Waals surface area contributed by atoms with Crippen LogP contribution >= 0.6 is 0 Å². The summed E-state index contributed by atoms with van der Waals surface area (Å²) in [7, 11) is 0. The van der Waals surface area contributed by atoms with Gasteiger partial charge in [-0.15, -0.1) is 0 Å². The molecule has 1 fully saturated rings. The Labute approximate surface area is 118 Å². The van der Waals surface area contributed by atoms with Crippen molar-refractivity contribution < 1.29 is 4.79 Å². The quantitative estimate of drug-likeness (QED) is 0.879. The number of aromatic nitrogens is 2. The second kappa shape index (κ2) is 7.07. The molecule has 1 aromatic rings. The minimum atomic E-state index is -0.238. The summed E-state index contributed by atoms with van der Waals surface area (Å²) in [5, 5.41) is 9.08. The summed E-state index contributed by atoms with van der Waals surface area (Å²) >= 11 is 0. The molecule has 0 saturated carbocycles. The average molecular weight is 278 g/mol. The number of likely N-dealkylation sites (tertiary alicyclic amines) is 1. The van der Waals surface area contributed by atoms with Crippen LogP contribution in [0.5, 0.6) is 0 Å². The van der Waals surface area contributed by atoms with E-state index >= 15 is 0 Å². The predicted octanol–water partition coefficient (Wildman–Crippen LogP) is 1.49. The van der Waals surface area contributed by atoms with Crippen LogP contribution in [-0.4, -0.2) is 34.2 Å². The Balaban J connectivity index is 1.82. The Morgan fingerprint density at radius 2 is 2.30 bits per heavy atom. The lowest BCUT2D eigenvalue weighted by atomic mass is 9.98. The summed E-state index contributed by atoms with van der Waals surface area (Å²) in [5.74, 6) is 0.744. The third-order valence-electron chi connectivity index (χ3n) is 3.87. The first-order valence-electron chi connectivity index (χ1n) is 7.26. The molecule has 1 saturated heterocycles. The largest absolute Gasteiger partial charge is 0.332 e. The SMILES string of the molecule is CC[C@H]1CCCN(C(=O)NCc2ccc(=O)[nH]n2)CC1. The first kappa shape index (κ1) is 14.6. The molecule has 1 aromatic heterocycles. The fraction of sp³-hybridized carbons (Fsp3) is 0.643. The molecule has 1 aliphatic heterocycles.